The Morgan fingerprint density at radius 3 is 2.67 bits per heavy atom. The average Bonchev–Trinajstić information content (AvgIpc) is 2.85. The number of nitrogens with zero attached hydrogens (tertiary/aromatic N) is 3. The molecular weight excluding hydrogens is 264 g/mol. The zero-order valence-electron chi connectivity index (χ0n) is 11.6. The Balaban J connectivity index is 2.20. The van der Waals surface area contributed by atoms with Gasteiger partial charge >= 0.3 is 0 Å². The summed E-state index contributed by atoms with van der Waals surface area (Å²) in [5, 5.41) is 8.87. The molecule has 0 bridgehead atoms. The van der Waals surface area contributed by atoms with Gasteiger partial charge in [-0.2, -0.15) is 5.26 Å². The molecule has 1 aromatic heterocycles. The third-order valence-corrected chi connectivity index (χ3v) is 3.23. The van der Waals surface area contributed by atoms with E-state index in [9.17, 15) is 0 Å². The van der Waals surface area contributed by atoms with Crippen molar-refractivity contribution in [2.45, 2.75) is 6.92 Å². The number of para-hydroxylation sites is 1. The van der Waals surface area contributed by atoms with Crippen molar-refractivity contribution in [3.63, 3.8) is 0 Å². The van der Waals surface area contributed by atoms with Crippen LogP contribution in [0.3, 0.4) is 0 Å². The Bertz CT molecular complexity index is 828. The summed E-state index contributed by atoms with van der Waals surface area (Å²) in [6, 6.07) is 15.0. The molecule has 0 unspecified atom stereocenters. The lowest BCUT2D eigenvalue weighted by Gasteiger charge is -2.07. The smallest absolute Gasteiger partial charge is 0.206 e. The summed E-state index contributed by atoms with van der Waals surface area (Å²) in [4.78, 5) is 4.40. The van der Waals surface area contributed by atoms with Gasteiger partial charge in [0, 0.05) is 5.69 Å². The van der Waals surface area contributed by atoms with Gasteiger partial charge in [-0.1, -0.05) is 6.07 Å². The summed E-state index contributed by atoms with van der Waals surface area (Å²) < 4.78 is 7.43. The number of nitriles is 1. The normalized spacial score (nSPS) is 10.5. The fourth-order valence-electron chi connectivity index (χ4n) is 2.32. The van der Waals surface area contributed by atoms with Crippen LogP contribution in [0.5, 0.6) is 5.75 Å². The summed E-state index contributed by atoms with van der Waals surface area (Å²) >= 11 is 0. The molecule has 3 aromatic rings. The number of rotatable bonds is 3. The third-order valence-electron chi connectivity index (χ3n) is 3.23. The number of hydrogen-bond acceptors (Lipinski definition) is 4. The van der Waals surface area contributed by atoms with Crippen molar-refractivity contribution in [1.29, 1.82) is 5.26 Å². The summed E-state index contributed by atoms with van der Waals surface area (Å²) in [5.74, 6) is 1.11. The first kappa shape index (κ1) is 13.0. The van der Waals surface area contributed by atoms with Crippen molar-refractivity contribution in [2.75, 3.05) is 12.3 Å². The first-order chi connectivity index (χ1) is 10.2. The maximum Gasteiger partial charge on any atom is 0.206 e. The Labute approximate surface area is 122 Å². The minimum Gasteiger partial charge on any atom is -0.492 e. The van der Waals surface area contributed by atoms with Crippen LogP contribution >= 0.6 is 0 Å². The Morgan fingerprint density at radius 1 is 1.24 bits per heavy atom. The molecule has 5 heteroatoms. The molecule has 0 spiro atoms. The van der Waals surface area contributed by atoms with Crippen LogP contribution in [0.25, 0.3) is 16.7 Å². The van der Waals surface area contributed by atoms with E-state index in [-0.39, 0.29) is 0 Å². The highest BCUT2D eigenvalue weighted by molar-refractivity contribution is 5.86. The highest BCUT2D eigenvalue weighted by atomic mass is 16.5. The fraction of sp³-hybridized carbons (Fsp3) is 0.125. The number of aromatic nitrogens is 2. The molecule has 21 heavy (non-hydrogen) atoms. The minimum absolute atomic E-state index is 0.391. The molecule has 0 aliphatic carbocycles. The van der Waals surface area contributed by atoms with Crippen LogP contribution < -0.4 is 10.5 Å². The molecule has 0 saturated heterocycles. The van der Waals surface area contributed by atoms with Crippen molar-refractivity contribution < 1.29 is 4.74 Å². The van der Waals surface area contributed by atoms with Gasteiger partial charge in [0.2, 0.25) is 5.95 Å². The van der Waals surface area contributed by atoms with Crippen molar-refractivity contribution >= 4 is 17.0 Å². The predicted octanol–water partition coefficient (Wildman–Crippen LogP) is 2.88. The highest BCUT2D eigenvalue weighted by Gasteiger charge is 2.13. The number of hydrogen-bond donors (Lipinski definition) is 1. The zero-order chi connectivity index (χ0) is 14.8. The van der Waals surface area contributed by atoms with Crippen molar-refractivity contribution in [3.05, 3.63) is 48.0 Å². The SMILES string of the molecule is CCOc1cccc2c1nc(N)n2-c1ccc(C#N)cc1. The van der Waals surface area contributed by atoms with E-state index in [2.05, 4.69) is 11.1 Å². The lowest BCUT2D eigenvalue weighted by molar-refractivity contribution is 0.344. The lowest BCUT2D eigenvalue weighted by Crippen LogP contribution is -2.00. The van der Waals surface area contributed by atoms with Gasteiger partial charge in [0.25, 0.3) is 0 Å². The number of benzene rings is 2. The molecule has 1 heterocycles. The van der Waals surface area contributed by atoms with E-state index in [0.717, 1.165) is 16.7 Å². The molecular formula is C16H14N4O. The molecule has 0 amide bonds. The van der Waals surface area contributed by atoms with Gasteiger partial charge in [-0.15, -0.1) is 0 Å². The second-order valence-electron chi connectivity index (χ2n) is 4.52. The van der Waals surface area contributed by atoms with Crippen molar-refractivity contribution in [1.82, 2.24) is 9.55 Å². The lowest BCUT2D eigenvalue weighted by atomic mass is 10.2. The van der Waals surface area contributed by atoms with Gasteiger partial charge in [0.15, 0.2) is 0 Å². The number of ether oxygens (including phenoxy) is 1. The molecule has 2 N–H and O–H groups in total. The predicted molar refractivity (Wildman–Crippen MR) is 81.4 cm³/mol. The molecule has 0 fully saturated rings. The van der Waals surface area contributed by atoms with Crippen LogP contribution in [0, 0.1) is 11.3 Å². The quantitative estimate of drug-likeness (QED) is 0.799. The van der Waals surface area contributed by atoms with Crippen LogP contribution in [-0.4, -0.2) is 16.2 Å². The summed E-state index contributed by atoms with van der Waals surface area (Å²) in [7, 11) is 0. The van der Waals surface area contributed by atoms with Crippen molar-refractivity contribution in [2.24, 2.45) is 0 Å². The first-order valence-electron chi connectivity index (χ1n) is 6.65. The molecule has 104 valence electrons. The minimum atomic E-state index is 0.391. The maximum atomic E-state index is 8.87. The molecule has 0 radical (unpaired) electrons. The number of nitrogen functional groups attached to an aromatic ring is 1. The number of fused-ring (bicyclic) bond motifs is 1. The van der Waals surface area contributed by atoms with Gasteiger partial charge < -0.3 is 10.5 Å². The van der Waals surface area contributed by atoms with Crippen LogP contribution in [0.1, 0.15) is 12.5 Å². The molecule has 3 rings (SSSR count). The largest absolute Gasteiger partial charge is 0.492 e. The first-order valence-corrected chi connectivity index (χ1v) is 6.65. The van der Waals surface area contributed by atoms with Gasteiger partial charge in [0.1, 0.15) is 11.3 Å². The van der Waals surface area contributed by atoms with E-state index in [0.29, 0.717) is 23.9 Å². The second kappa shape index (κ2) is 5.17. The Hall–Kier alpha value is -3.00. The maximum absolute atomic E-state index is 8.87. The topological polar surface area (TPSA) is 76.9 Å². The molecule has 0 aliphatic heterocycles. The molecule has 0 atom stereocenters. The van der Waals surface area contributed by atoms with E-state index in [1.807, 2.05) is 41.8 Å². The van der Waals surface area contributed by atoms with Gasteiger partial charge in [0.05, 0.1) is 23.8 Å². The van der Waals surface area contributed by atoms with E-state index >= 15 is 0 Å². The van der Waals surface area contributed by atoms with Gasteiger partial charge in [-0.25, -0.2) is 4.98 Å². The number of anilines is 1. The fourth-order valence-corrected chi connectivity index (χ4v) is 2.32. The van der Waals surface area contributed by atoms with Crippen LogP contribution in [0.4, 0.5) is 5.95 Å². The standard InChI is InChI=1S/C16H14N4O/c1-2-21-14-5-3-4-13-15(14)19-16(18)20(13)12-8-6-11(10-17)7-9-12/h3-9H,2H2,1H3,(H2,18,19). The average molecular weight is 278 g/mol. The molecule has 0 saturated carbocycles. The number of imidazole rings is 1. The van der Waals surface area contributed by atoms with E-state index in [1.54, 1.807) is 12.1 Å². The molecule has 5 nitrogen and oxygen atoms in total. The molecule has 0 aliphatic rings. The third kappa shape index (κ3) is 2.17. The van der Waals surface area contributed by atoms with E-state index in [1.165, 1.54) is 0 Å². The van der Waals surface area contributed by atoms with E-state index in [4.69, 9.17) is 15.7 Å². The second-order valence-corrected chi connectivity index (χ2v) is 4.52. The Kier molecular flexibility index (Phi) is 3.20. The van der Waals surface area contributed by atoms with Crippen LogP contribution in [-0.2, 0) is 0 Å². The molecule has 2 aromatic carbocycles. The number of nitrogens with two attached hydrogens (primary N) is 1. The monoisotopic (exact) mass is 278 g/mol. The van der Waals surface area contributed by atoms with Crippen LogP contribution in [0.2, 0.25) is 0 Å². The zero-order valence-corrected chi connectivity index (χ0v) is 11.6. The van der Waals surface area contributed by atoms with Gasteiger partial charge in [-0.05, 0) is 43.3 Å². The van der Waals surface area contributed by atoms with E-state index < -0.39 is 0 Å². The summed E-state index contributed by atoms with van der Waals surface area (Å²) in [6.07, 6.45) is 0. The van der Waals surface area contributed by atoms with Gasteiger partial charge in [-0.3, -0.25) is 4.57 Å². The van der Waals surface area contributed by atoms with Crippen molar-refractivity contribution in [3.8, 4) is 17.5 Å². The Morgan fingerprint density at radius 2 is 2.00 bits per heavy atom. The summed E-state index contributed by atoms with van der Waals surface area (Å²) in [6.45, 7) is 2.50. The summed E-state index contributed by atoms with van der Waals surface area (Å²) in [5.41, 5.74) is 9.14. The van der Waals surface area contributed by atoms with Crippen LogP contribution in [0.15, 0.2) is 42.5 Å². The highest BCUT2D eigenvalue weighted by Crippen LogP contribution is 2.29.